The first-order valence-corrected chi connectivity index (χ1v) is 13.7. The van der Waals surface area contributed by atoms with Crippen molar-refractivity contribution in [1.82, 2.24) is 29.6 Å². The van der Waals surface area contributed by atoms with Crippen LogP contribution in [0.3, 0.4) is 0 Å². The maximum atomic E-state index is 14.7. The Morgan fingerprint density at radius 2 is 1.73 bits per heavy atom. The lowest BCUT2D eigenvalue weighted by Crippen LogP contribution is -2.42. The maximum Gasteiger partial charge on any atom is 0.410 e. The van der Waals surface area contributed by atoms with Gasteiger partial charge in [0.1, 0.15) is 11.4 Å². The van der Waals surface area contributed by atoms with E-state index in [0.717, 1.165) is 40.5 Å². The normalized spacial score (nSPS) is 14.4. The number of hydrogen-bond donors (Lipinski definition) is 0. The quantitative estimate of drug-likeness (QED) is 0.241. The summed E-state index contributed by atoms with van der Waals surface area (Å²) in [5.74, 6) is -0.336. The second-order valence-corrected chi connectivity index (χ2v) is 11.3. The molecule has 0 bridgehead atoms. The van der Waals surface area contributed by atoms with Gasteiger partial charge in [-0.25, -0.2) is 19.2 Å². The molecule has 208 valence electrons. The molecule has 0 aliphatic carbocycles. The highest BCUT2D eigenvalue weighted by Gasteiger charge is 2.28. The smallest absolute Gasteiger partial charge is 0.410 e. The fourth-order valence-corrected chi connectivity index (χ4v) is 5.17. The van der Waals surface area contributed by atoms with E-state index < -0.39 is 5.60 Å². The summed E-state index contributed by atoms with van der Waals surface area (Å²) in [6.07, 6.45) is 10.5. The van der Waals surface area contributed by atoms with E-state index in [4.69, 9.17) is 4.74 Å². The van der Waals surface area contributed by atoms with Gasteiger partial charge in [0, 0.05) is 65.5 Å². The topological polar surface area (TPSA) is 86.0 Å². The first-order chi connectivity index (χ1) is 19.7. The van der Waals surface area contributed by atoms with Crippen molar-refractivity contribution in [1.29, 1.82) is 0 Å². The number of ether oxygens (including phenoxy) is 1. The molecule has 0 spiro atoms. The molecule has 6 rings (SSSR count). The van der Waals surface area contributed by atoms with Crippen LogP contribution in [0.5, 0.6) is 0 Å². The molecule has 41 heavy (non-hydrogen) atoms. The Morgan fingerprint density at radius 3 is 2.51 bits per heavy atom. The Bertz CT molecular complexity index is 1720. The highest BCUT2D eigenvalue weighted by Crippen LogP contribution is 2.34. The highest BCUT2D eigenvalue weighted by molar-refractivity contribution is 5.95. The summed E-state index contributed by atoms with van der Waals surface area (Å²) in [7, 11) is 0. The summed E-state index contributed by atoms with van der Waals surface area (Å²) in [6, 6.07) is 14.6. The largest absolute Gasteiger partial charge is 0.444 e. The van der Waals surface area contributed by atoms with Crippen LogP contribution in [0.1, 0.15) is 39.7 Å². The molecule has 9 heteroatoms. The van der Waals surface area contributed by atoms with E-state index in [-0.39, 0.29) is 18.0 Å². The minimum atomic E-state index is -0.508. The highest BCUT2D eigenvalue weighted by atomic mass is 19.1. The van der Waals surface area contributed by atoms with E-state index in [1.165, 1.54) is 6.07 Å². The van der Waals surface area contributed by atoms with Crippen molar-refractivity contribution in [2.45, 2.75) is 45.3 Å². The Balaban J connectivity index is 1.26. The molecule has 4 aromatic heterocycles. The van der Waals surface area contributed by atoms with Gasteiger partial charge in [0.2, 0.25) is 0 Å². The van der Waals surface area contributed by atoms with Crippen molar-refractivity contribution >= 4 is 17.1 Å². The van der Waals surface area contributed by atoms with E-state index in [9.17, 15) is 9.18 Å². The van der Waals surface area contributed by atoms with E-state index in [1.807, 2.05) is 62.2 Å². The number of halogens is 1. The Hall–Kier alpha value is -4.66. The second-order valence-electron chi connectivity index (χ2n) is 11.3. The molecule has 0 unspecified atom stereocenters. The number of benzene rings is 1. The van der Waals surface area contributed by atoms with E-state index in [2.05, 4.69) is 26.1 Å². The minimum Gasteiger partial charge on any atom is -0.444 e. The van der Waals surface area contributed by atoms with Gasteiger partial charge >= 0.3 is 6.09 Å². The number of rotatable bonds is 4. The number of amides is 1. The number of likely N-dealkylation sites (tertiary alicyclic amines) is 1. The summed E-state index contributed by atoms with van der Waals surface area (Å²) in [5, 5.41) is 5.51. The number of pyridine rings is 3. The number of carbonyl (C=O) groups is 1. The van der Waals surface area contributed by atoms with Crippen LogP contribution >= 0.6 is 0 Å². The molecule has 0 radical (unpaired) electrons. The molecule has 5 heterocycles. The van der Waals surface area contributed by atoms with Gasteiger partial charge < -0.3 is 9.64 Å². The molecule has 1 saturated heterocycles. The molecule has 0 atom stereocenters. The first-order valence-electron chi connectivity index (χ1n) is 13.7. The van der Waals surface area contributed by atoms with Crippen LogP contribution < -0.4 is 0 Å². The van der Waals surface area contributed by atoms with Gasteiger partial charge in [0.25, 0.3) is 0 Å². The van der Waals surface area contributed by atoms with Crippen molar-refractivity contribution < 1.29 is 13.9 Å². The summed E-state index contributed by atoms with van der Waals surface area (Å²) >= 11 is 0. The third-order valence-electron chi connectivity index (χ3n) is 7.21. The van der Waals surface area contributed by atoms with Crippen molar-refractivity contribution in [3.8, 4) is 33.5 Å². The van der Waals surface area contributed by atoms with Gasteiger partial charge in [0.15, 0.2) is 5.65 Å². The van der Waals surface area contributed by atoms with Crippen LogP contribution in [0.2, 0.25) is 0 Å². The molecule has 1 fully saturated rings. The lowest BCUT2D eigenvalue weighted by molar-refractivity contribution is 0.0185. The van der Waals surface area contributed by atoms with E-state index in [0.29, 0.717) is 30.0 Å². The summed E-state index contributed by atoms with van der Waals surface area (Å²) in [4.78, 5) is 27.8. The SMILES string of the molecule is CC(C)(C)OC(=O)N1CCC(n2cc(-c3cncc(-c4cc(-c5ccccc5F)nc5ncccc45)c3)cn2)CC1. The molecule has 0 saturated carbocycles. The molecular weight excluding hydrogens is 519 g/mol. The van der Waals surface area contributed by atoms with Crippen LogP contribution in [-0.2, 0) is 4.74 Å². The van der Waals surface area contributed by atoms with Crippen LogP contribution in [0, 0.1) is 5.82 Å². The number of nitrogens with zero attached hydrogens (tertiary/aromatic N) is 6. The van der Waals surface area contributed by atoms with Crippen molar-refractivity contribution in [2.75, 3.05) is 13.1 Å². The van der Waals surface area contributed by atoms with Gasteiger partial charge in [-0.15, -0.1) is 0 Å². The summed E-state index contributed by atoms with van der Waals surface area (Å²) in [5.41, 5.74) is 4.58. The molecule has 8 nitrogen and oxygen atoms in total. The number of piperidine rings is 1. The number of fused-ring (bicyclic) bond motifs is 1. The van der Waals surface area contributed by atoms with Crippen LogP contribution in [-0.4, -0.2) is 54.4 Å². The third kappa shape index (κ3) is 5.66. The zero-order valence-corrected chi connectivity index (χ0v) is 23.3. The minimum absolute atomic E-state index is 0.192. The zero-order valence-electron chi connectivity index (χ0n) is 23.3. The fourth-order valence-electron chi connectivity index (χ4n) is 5.17. The van der Waals surface area contributed by atoms with E-state index in [1.54, 1.807) is 35.5 Å². The number of hydrogen-bond acceptors (Lipinski definition) is 6. The molecule has 0 N–H and O–H groups in total. The number of aromatic nitrogens is 5. The lowest BCUT2D eigenvalue weighted by atomic mass is 9.99. The zero-order chi connectivity index (χ0) is 28.6. The molecule has 1 aromatic carbocycles. The average Bonchev–Trinajstić information content (AvgIpc) is 3.47. The molecule has 1 amide bonds. The van der Waals surface area contributed by atoms with Crippen LogP contribution in [0.15, 0.2) is 79.5 Å². The van der Waals surface area contributed by atoms with Crippen LogP contribution in [0.25, 0.3) is 44.5 Å². The fraction of sp³-hybridized carbons (Fsp3) is 0.281. The molecule has 1 aliphatic rings. The van der Waals surface area contributed by atoms with Crippen molar-refractivity contribution in [3.05, 3.63) is 85.3 Å². The molecular formula is C32H31FN6O2. The van der Waals surface area contributed by atoms with Crippen molar-refractivity contribution in [2.24, 2.45) is 0 Å². The van der Waals surface area contributed by atoms with Gasteiger partial charge in [-0.3, -0.25) is 9.67 Å². The van der Waals surface area contributed by atoms with Crippen molar-refractivity contribution in [3.63, 3.8) is 0 Å². The number of carbonyl (C=O) groups excluding carboxylic acids is 1. The molecule has 5 aromatic rings. The van der Waals surface area contributed by atoms with Crippen LogP contribution in [0.4, 0.5) is 9.18 Å². The maximum absolute atomic E-state index is 14.7. The van der Waals surface area contributed by atoms with Gasteiger partial charge in [-0.05, 0) is 75.6 Å². The van der Waals surface area contributed by atoms with Gasteiger partial charge in [-0.1, -0.05) is 12.1 Å². The molecule has 1 aliphatic heterocycles. The van der Waals surface area contributed by atoms with Gasteiger partial charge in [-0.2, -0.15) is 5.10 Å². The summed E-state index contributed by atoms with van der Waals surface area (Å²) in [6.45, 7) is 6.88. The monoisotopic (exact) mass is 550 g/mol. The van der Waals surface area contributed by atoms with Gasteiger partial charge in [0.05, 0.1) is 17.9 Å². The Kier molecular flexibility index (Phi) is 6.95. The standard InChI is InChI=1S/C32H31FN6O2/c1-32(2,3)41-31(40)38-13-10-24(11-14-38)39-20-23(19-36-39)21-15-22(18-34-17-21)27-16-29(26-7-4-5-9-28(26)33)37-30-25(27)8-6-12-35-30/h4-9,12,15-20,24H,10-11,13-14H2,1-3H3. The first kappa shape index (κ1) is 26.6. The third-order valence-corrected chi connectivity index (χ3v) is 7.21. The predicted octanol–water partition coefficient (Wildman–Crippen LogP) is 6.93. The van der Waals surface area contributed by atoms with E-state index >= 15 is 0 Å². The summed E-state index contributed by atoms with van der Waals surface area (Å²) < 4.78 is 22.2. The average molecular weight is 551 g/mol. The predicted molar refractivity (Wildman–Crippen MR) is 155 cm³/mol. The Morgan fingerprint density at radius 1 is 0.951 bits per heavy atom. The lowest BCUT2D eigenvalue weighted by Gasteiger charge is -2.33. The second kappa shape index (κ2) is 10.7. The Labute approximate surface area is 237 Å².